The van der Waals surface area contributed by atoms with E-state index in [9.17, 15) is 4.79 Å². The molecule has 1 aromatic rings. The molecule has 0 aliphatic carbocycles. The van der Waals surface area contributed by atoms with Crippen molar-refractivity contribution in [3.63, 3.8) is 0 Å². The number of benzene rings is 1. The molecule has 24 heavy (non-hydrogen) atoms. The Morgan fingerprint density at radius 1 is 1.12 bits per heavy atom. The predicted octanol–water partition coefficient (Wildman–Crippen LogP) is 2.36. The van der Waals surface area contributed by atoms with Crippen molar-refractivity contribution in [3.8, 4) is 5.75 Å². The molecule has 134 valence electrons. The fourth-order valence-electron chi connectivity index (χ4n) is 3.16. The van der Waals surface area contributed by atoms with E-state index in [1.807, 2.05) is 31.2 Å². The van der Waals surface area contributed by atoms with Gasteiger partial charge in [0.1, 0.15) is 18.4 Å². The number of rotatable bonds is 6. The van der Waals surface area contributed by atoms with Crippen molar-refractivity contribution in [2.45, 2.75) is 58.5 Å². The largest absolute Gasteiger partial charge is 0.482 e. The molecule has 1 atom stereocenters. The number of esters is 1. The van der Waals surface area contributed by atoms with E-state index in [2.05, 4.69) is 20.8 Å². The van der Waals surface area contributed by atoms with Gasteiger partial charge in [-0.15, -0.1) is 0 Å². The van der Waals surface area contributed by atoms with E-state index in [-0.39, 0.29) is 24.1 Å². The van der Waals surface area contributed by atoms with Gasteiger partial charge in [-0.2, -0.15) is 0 Å². The summed E-state index contributed by atoms with van der Waals surface area (Å²) in [6.07, 6.45) is 3.84. The number of carbonyl (C=O) groups excluding carboxylic acids is 1. The lowest BCUT2D eigenvalue weighted by Crippen LogP contribution is -3.13. The third kappa shape index (κ3) is 6.16. The first kappa shape index (κ1) is 18.8. The summed E-state index contributed by atoms with van der Waals surface area (Å²) in [7, 11) is 0. The Bertz CT molecular complexity index is 513. The molecule has 1 N–H and O–H groups in total. The highest BCUT2D eigenvalue weighted by atomic mass is 16.6. The number of likely N-dealkylation sites (tertiary alicyclic amines) is 1. The van der Waals surface area contributed by atoms with Gasteiger partial charge in [-0.25, -0.2) is 4.79 Å². The van der Waals surface area contributed by atoms with Gasteiger partial charge in [0.05, 0.1) is 13.1 Å². The second-order valence-corrected chi connectivity index (χ2v) is 7.88. The van der Waals surface area contributed by atoms with Crippen LogP contribution in [0.4, 0.5) is 0 Å². The monoisotopic (exact) mass is 334 g/mol. The lowest BCUT2D eigenvalue weighted by Gasteiger charge is -2.26. The second-order valence-electron chi connectivity index (χ2n) is 7.88. The minimum atomic E-state index is -0.293. The third-order valence-corrected chi connectivity index (χ3v) is 4.55. The number of ether oxygens (including phenoxy) is 2. The number of quaternary nitrogens is 1. The number of carbonyl (C=O) groups is 1. The smallest absolute Gasteiger partial charge is 0.344 e. The van der Waals surface area contributed by atoms with Crippen LogP contribution in [0.25, 0.3) is 0 Å². The maximum absolute atomic E-state index is 11.9. The summed E-state index contributed by atoms with van der Waals surface area (Å²) < 4.78 is 11.0. The third-order valence-electron chi connectivity index (χ3n) is 4.55. The molecule has 1 heterocycles. The van der Waals surface area contributed by atoms with Crippen LogP contribution in [0.1, 0.15) is 52.5 Å². The van der Waals surface area contributed by atoms with Gasteiger partial charge in [-0.1, -0.05) is 32.9 Å². The van der Waals surface area contributed by atoms with Crippen molar-refractivity contribution in [2.75, 3.05) is 26.2 Å². The van der Waals surface area contributed by atoms with Crippen LogP contribution in [0.5, 0.6) is 5.75 Å². The zero-order chi connectivity index (χ0) is 17.6. The van der Waals surface area contributed by atoms with E-state index >= 15 is 0 Å². The summed E-state index contributed by atoms with van der Waals surface area (Å²) in [6.45, 7) is 11.7. The van der Waals surface area contributed by atoms with Gasteiger partial charge in [0.2, 0.25) is 0 Å². The highest BCUT2D eigenvalue weighted by Gasteiger charge is 2.19. The molecule has 0 saturated carbocycles. The van der Waals surface area contributed by atoms with Crippen LogP contribution in [-0.2, 0) is 14.9 Å². The highest BCUT2D eigenvalue weighted by molar-refractivity contribution is 5.71. The van der Waals surface area contributed by atoms with Crippen molar-refractivity contribution < 1.29 is 19.2 Å². The van der Waals surface area contributed by atoms with E-state index in [1.54, 1.807) is 4.90 Å². The lowest BCUT2D eigenvalue weighted by molar-refractivity contribution is -0.907. The van der Waals surface area contributed by atoms with Crippen LogP contribution >= 0.6 is 0 Å². The maximum atomic E-state index is 11.9. The minimum absolute atomic E-state index is 0.0332. The van der Waals surface area contributed by atoms with Crippen LogP contribution in [-0.4, -0.2) is 38.3 Å². The molecule has 4 nitrogen and oxygen atoms in total. The Balaban J connectivity index is 1.72. The molecular formula is C20H32NO3+. The average molecular weight is 334 g/mol. The Morgan fingerprint density at radius 3 is 2.33 bits per heavy atom. The van der Waals surface area contributed by atoms with Gasteiger partial charge in [0, 0.05) is 0 Å². The Labute approximate surface area is 146 Å². The Hall–Kier alpha value is -1.55. The SMILES string of the molecule is C[C@H](C[NH+]1CCCCC1)OC(=O)COc1ccc(C(C)(C)C)cc1. The summed E-state index contributed by atoms with van der Waals surface area (Å²) in [6, 6.07) is 7.91. The van der Waals surface area contributed by atoms with Crippen LogP contribution in [0.2, 0.25) is 0 Å². The Kier molecular flexibility index (Phi) is 6.67. The first-order valence-electron chi connectivity index (χ1n) is 9.11. The van der Waals surface area contributed by atoms with E-state index < -0.39 is 0 Å². The molecule has 0 spiro atoms. The van der Waals surface area contributed by atoms with E-state index in [0.29, 0.717) is 5.75 Å². The zero-order valence-electron chi connectivity index (χ0n) is 15.6. The lowest BCUT2D eigenvalue weighted by atomic mass is 9.87. The number of piperidine rings is 1. The molecule has 1 aromatic carbocycles. The molecule has 2 rings (SSSR count). The summed E-state index contributed by atoms with van der Waals surface area (Å²) in [5.74, 6) is 0.410. The number of nitrogens with one attached hydrogen (secondary N) is 1. The molecule has 0 radical (unpaired) electrons. The van der Waals surface area contributed by atoms with Crippen molar-refractivity contribution in [1.29, 1.82) is 0 Å². The molecule has 1 aliphatic heterocycles. The molecule has 0 bridgehead atoms. The van der Waals surface area contributed by atoms with Gasteiger partial charge in [0.15, 0.2) is 6.61 Å². The van der Waals surface area contributed by atoms with Crippen LogP contribution < -0.4 is 9.64 Å². The van der Waals surface area contributed by atoms with E-state index in [0.717, 1.165) is 6.54 Å². The summed E-state index contributed by atoms with van der Waals surface area (Å²) in [5, 5.41) is 0. The van der Waals surface area contributed by atoms with E-state index in [4.69, 9.17) is 9.47 Å². The van der Waals surface area contributed by atoms with Gasteiger partial charge in [-0.05, 0) is 49.3 Å². The predicted molar refractivity (Wildman–Crippen MR) is 95.6 cm³/mol. The van der Waals surface area contributed by atoms with Gasteiger partial charge < -0.3 is 14.4 Å². The van der Waals surface area contributed by atoms with Crippen LogP contribution in [0, 0.1) is 0 Å². The van der Waals surface area contributed by atoms with Gasteiger partial charge in [-0.3, -0.25) is 0 Å². The van der Waals surface area contributed by atoms with Gasteiger partial charge in [0.25, 0.3) is 0 Å². The molecule has 0 aromatic heterocycles. The van der Waals surface area contributed by atoms with Gasteiger partial charge >= 0.3 is 5.97 Å². The molecular weight excluding hydrogens is 302 g/mol. The van der Waals surface area contributed by atoms with Crippen molar-refractivity contribution >= 4 is 5.97 Å². The molecule has 0 amide bonds. The molecule has 1 aliphatic rings. The zero-order valence-corrected chi connectivity index (χ0v) is 15.6. The highest BCUT2D eigenvalue weighted by Crippen LogP contribution is 2.24. The van der Waals surface area contributed by atoms with Crippen LogP contribution in [0.15, 0.2) is 24.3 Å². The topological polar surface area (TPSA) is 40.0 Å². The standard InChI is InChI=1S/C20H31NO3/c1-16(14-21-12-6-5-7-13-21)24-19(22)15-23-18-10-8-17(9-11-18)20(2,3)4/h8-11,16H,5-7,12-15H2,1-4H3/p+1/t16-/m1/s1. The summed E-state index contributed by atoms with van der Waals surface area (Å²) in [5.41, 5.74) is 1.36. The fraction of sp³-hybridized carbons (Fsp3) is 0.650. The molecule has 1 saturated heterocycles. The molecule has 1 fully saturated rings. The van der Waals surface area contributed by atoms with Crippen LogP contribution in [0.3, 0.4) is 0 Å². The minimum Gasteiger partial charge on any atom is -0.482 e. The number of hydrogen-bond donors (Lipinski definition) is 1. The quantitative estimate of drug-likeness (QED) is 0.812. The fourth-order valence-corrected chi connectivity index (χ4v) is 3.16. The van der Waals surface area contributed by atoms with E-state index in [1.165, 1.54) is 37.9 Å². The summed E-state index contributed by atoms with van der Waals surface area (Å²) >= 11 is 0. The first-order valence-corrected chi connectivity index (χ1v) is 9.11. The Morgan fingerprint density at radius 2 is 1.75 bits per heavy atom. The normalized spacial score (nSPS) is 17.3. The molecule has 0 unspecified atom stereocenters. The molecule has 4 heteroatoms. The van der Waals surface area contributed by atoms with Crippen molar-refractivity contribution in [3.05, 3.63) is 29.8 Å². The first-order chi connectivity index (χ1) is 11.3. The van der Waals surface area contributed by atoms with Crippen molar-refractivity contribution in [1.82, 2.24) is 0 Å². The summed E-state index contributed by atoms with van der Waals surface area (Å²) in [4.78, 5) is 13.5. The number of hydrogen-bond acceptors (Lipinski definition) is 3. The van der Waals surface area contributed by atoms with Crippen molar-refractivity contribution in [2.24, 2.45) is 0 Å². The average Bonchev–Trinajstić information content (AvgIpc) is 2.53. The maximum Gasteiger partial charge on any atom is 0.344 e. The second kappa shape index (κ2) is 8.52.